The van der Waals surface area contributed by atoms with Crippen LogP contribution in [0, 0.1) is 11.3 Å². The molecule has 2 fully saturated rings. The zero-order chi connectivity index (χ0) is 19.3. The van der Waals surface area contributed by atoms with Gasteiger partial charge in [-0.15, -0.1) is 0 Å². The molecule has 1 aliphatic heterocycles. The highest BCUT2D eigenvalue weighted by molar-refractivity contribution is 6.30. The van der Waals surface area contributed by atoms with Crippen LogP contribution in [0.15, 0.2) is 12.1 Å². The van der Waals surface area contributed by atoms with E-state index in [2.05, 4.69) is 4.98 Å². The van der Waals surface area contributed by atoms with Gasteiger partial charge >= 0.3 is 12.3 Å². The molecule has 0 aromatic carbocycles. The molecule has 8 heteroatoms. The molecule has 1 aromatic heterocycles. The number of hydrogen-bond acceptors (Lipinski definition) is 3. The number of amides is 1. The maximum absolute atomic E-state index is 12.7. The largest absolute Gasteiger partial charge is 0.444 e. The molecule has 4 nitrogen and oxygen atoms in total. The number of ether oxygens (including phenoxy) is 1. The second kappa shape index (κ2) is 6.29. The van der Waals surface area contributed by atoms with Crippen molar-refractivity contribution in [3.05, 3.63) is 28.5 Å². The quantitative estimate of drug-likeness (QED) is 0.671. The van der Waals surface area contributed by atoms with Crippen molar-refractivity contribution in [3.8, 4) is 0 Å². The van der Waals surface area contributed by atoms with Crippen LogP contribution >= 0.6 is 11.6 Å². The van der Waals surface area contributed by atoms with Gasteiger partial charge in [0.2, 0.25) is 0 Å². The van der Waals surface area contributed by atoms with Gasteiger partial charge in [0.25, 0.3) is 0 Å². The van der Waals surface area contributed by atoms with E-state index in [1.165, 1.54) is 6.07 Å². The van der Waals surface area contributed by atoms with Crippen LogP contribution in [0.2, 0.25) is 5.15 Å². The Bertz CT molecular complexity index is 701. The third-order valence-corrected chi connectivity index (χ3v) is 5.15. The average Bonchev–Trinajstić information content (AvgIpc) is 2.36. The SMILES string of the molecule is CC(C)(C)OC(=O)N1CC2(CC(Cc3ccc(C(F)(F)F)c(Cl)n3)C2)C1. The number of hydrogen-bond donors (Lipinski definition) is 0. The van der Waals surface area contributed by atoms with Crippen molar-refractivity contribution >= 4 is 17.7 Å². The van der Waals surface area contributed by atoms with Gasteiger partial charge in [-0.3, -0.25) is 0 Å². The predicted octanol–water partition coefficient (Wildman–Crippen LogP) is 4.94. The highest BCUT2D eigenvalue weighted by Crippen LogP contribution is 2.53. The highest BCUT2D eigenvalue weighted by atomic mass is 35.5. The molecule has 0 atom stereocenters. The van der Waals surface area contributed by atoms with E-state index in [4.69, 9.17) is 16.3 Å². The van der Waals surface area contributed by atoms with E-state index in [9.17, 15) is 18.0 Å². The first-order valence-electron chi connectivity index (χ1n) is 8.57. The first-order chi connectivity index (χ1) is 11.9. The third kappa shape index (κ3) is 4.08. The first-order valence-corrected chi connectivity index (χ1v) is 8.95. The van der Waals surface area contributed by atoms with Crippen LogP contribution in [-0.4, -0.2) is 34.7 Å². The van der Waals surface area contributed by atoms with Gasteiger partial charge in [-0.1, -0.05) is 11.6 Å². The molecule has 2 heterocycles. The van der Waals surface area contributed by atoms with E-state index >= 15 is 0 Å². The molecule has 0 unspecified atom stereocenters. The van der Waals surface area contributed by atoms with E-state index in [0.29, 0.717) is 31.1 Å². The number of rotatable bonds is 2. The fraction of sp³-hybridized carbons (Fsp3) is 0.667. The Morgan fingerprint density at radius 2 is 1.92 bits per heavy atom. The van der Waals surface area contributed by atoms with Crippen molar-refractivity contribution in [1.82, 2.24) is 9.88 Å². The van der Waals surface area contributed by atoms with Crippen molar-refractivity contribution in [2.45, 2.75) is 51.8 Å². The summed E-state index contributed by atoms with van der Waals surface area (Å²) in [5.74, 6) is 0.357. The summed E-state index contributed by atoms with van der Waals surface area (Å²) in [5.41, 5.74) is -0.696. The van der Waals surface area contributed by atoms with Gasteiger partial charge in [0, 0.05) is 24.2 Å². The van der Waals surface area contributed by atoms with Gasteiger partial charge in [0.1, 0.15) is 10.8 Å². The van der Waals surface area contributed by atoms with Gasteiger partial charge in [-0.25, -0.2) is 9.78 Å². The number of halogens is 4. The molecule has 1 saturated carbocycles. The minimum Gasteiger partial charge on any atom is -0.444 e. The molecule has 0 radical (unpaired) electrons. The molecule has 1 amide bonds. The Balaban J connectivity index is 1.48. The van der Waals surface area contributed by atoms with E-state index in [1.807, 2.05) is 20.8 Å². The molecule has 1 aromatic rings. The van der Waals surface area contributed by atoms with Gasteiger partial charge < -0.3 is 9.64 Å². The van der Waals surface area contributed by atoms with Crippen molar-refractivity contribution in [2.75, 3.05) is 13.1 Å². The Hall–Kier alpha value is -1.50. The van der Waals surface area contributed by atoms with Crippen molar-refractivity contribution < 1.29 is 22.7 Å². The first kappa shape index (κ1) is 19.3. The predicted molar refractivity (Wildman–Crippen MR) is 90.9 cm³/mol. The Kier molecular flexibility index (Phi) is 4.66. The normalized spacial score (nSPS) is 19.9. The van der Waals surface area contributed by atoms with Crippen LogP contribution in [0.5, 0.6) is 0 Å². The van der Waals surface area contributed by atoms with Gasteiger partial charge in [0.15, 0.2) is 0 Å². The number of alkyl halides is 3. The topological polar surface area (TPSA) is 42.4 Å². The molecule has 1 aliphatic carbocycles. The highest BCUT2D eigenvalue weighted by Gasteiger charge is 2.54. The molecule has 1 saturated heterocycles. The standard InChI is InChI=1S/C18H22ClF3N2O2/c1-16(2,3)26-15(25)24-9-17(10-24)7-11(8-17)6-12-4-5-13(14(19)23-12)18(20,21)22/h4-5,11H,6-10H2,1-3H3. The summed E-state index contributed by atoms with van der Waals surface area (Å²) in [5, 5.41) is -0.496. The second-order valence-electron chi connectivity index (χ2n) is 8.45. The van der Waals surface area contributed by atoms with Crippen molar-refractivity contribution in [2.24, 2.45) is 11.3 Å². The van der Waals surface area contributed by atoms with Crippen LogP contribution in [0.25, 0.3) is 0 Å². The summed E-state index contributed by atoms with van der Waals surface area (Å²) in [6.45, 7) is 6.87. The zero-order valence-corrected chi connectivity index (χ0v) is 15.7. The Labute approximate surface area is 155 Å². The van der Waals surface area contributed by atoms with Crippen molar-refractivity contribution in [1.29, 1.82) is 0 Å². The summed E-state index contributed by atoms with van der Waals surface area (Å²) < 4.78 is 43.5. The van der Waals surface area contributed by atoms with E-state index < -0.39 is 22.5 Å². The van der Waals surface area contributed by atoms with Crippen LogP contribution in [0.3, 0.4) is 0 Å². The summed E-state index contributed by atoms with van der Waals surface area (Å²) in [4.78, 5) is 17.6. The maximum Gasteiger partial charge on any atom is 0.419 e. The molecule has 2 aliphatic rings. The molecular formula is C18H22ClF3N2O2. The smallest absolute Gasteiger partial charge is 0.419 e. The minimum absolute atomic E-state index is 0.136. The van der Waals surface area contributed by atoms with Crippen LogP contribution in [0.4, 0.5) is 18.0 Å². The maximum atomic E-state index is 12.7. The minimum atomic E-state index is -4.49. The number of carbonyl (C=O) groups excluding carboxylic acids is 1. The lowest BCUT2D eigenvalue weighted by Crippen LogP contribution is -2.64. The van der Waals surface area contributed by atoms with E-state index in [-0.39, 0.29) is 11.5 Å². The monoisotopic (exact) mass is 390 g/mol. The lowest BCUT2D eigenvalue weighted by molar-refractivity contribution is -0.137. The Morgan fingerprint density at radius 1 is 1.31 bits per heavy atom. The molecule has 0 N–H and O–H groups in total. The second-order valence-corrected chi connectivity index (χ2v) is 8.81. The summed E-state index contributed by atoms with van der Waals surface area (Å²) in [6, 6.07) is 2.39. The lowest BCUT2D eigenvalue weighted by Gasteiger charge is -2.58. The lowest BCUT2D eigenvalue weighted by atomic mass is 9.57. The van der Waals surface area contributed by atoms with Crippen molar-refractivity contribution in [3.63, 3.8) is 0 Å². The summed E-state index contributed by atoms with van der Waals surface area (Å²) >= 11 is 5.67. The molecule has 0 bridgehead atoms. The number of nitrogens with zero attached hydrogens (tertiary/aromatic N) is 2. The van der Waals surface area contributed by atoms with Crippen LogP contribution < -0.4 is 0 Å². The zero-order valence-electron chi connectivity index (χ0n) is 15.0. The molecule has 26 heavy (non-hydrogen) atoms. The van der Waals surface area contributed by atoms with Crippen LogP contribution in [0.1, 0.15) is 44.9 Å². The van der Waals surface area contributed by atoms with Gasteiger partial charge in [-0.05, 0) is 58.1 Å². The molecule has 3 rings (SSSR count). The molecular weight excluding hydrogens is 369 g/mol. The number of likely N-dealkylation sites (tertiary alicyclic amines) is 1. The van der Waals surface area contributed by atoms with Gasteiger partial charge in [0.05, 0.1) is 5.56 Å². The number of carbonyl (C=O) groups is 1. The Morgan fingerprint density at radius 3 is 2.42 bits per heavy atom. The third-order valence-electron chi connectivity index (χ3n) is 4.86. The molecule has 1 spiro atoms. The summed E-state index contributed by atoms with van der Waals surface area (Å²) in [6.07, 6.45) is -2.30. The fourth-order valence-corrected chi connectivity index (χ4v) is 4.16. The average molecular weight is 391 g/mol. The fourth-order valence-electron chi connectivity index (χ4n) is 3.88. The summed E-state index contributed by atoms with van der Waals surface area (Å²) in [7, 11) is 0. The number of aromatic nitrogens is 1. The van der Waals surface area contributed by atoms with Gasteiger partial charge in [-0.2, -0.15) is 13.2 Å². The van der Waals surface area contributed by atoms with E-state index in [1.54, 1.807) is 4.90 Å². The van der Waals surface area contributed by atoms with Crippen LogP contribution in [-0.2, 0) is 17.3 Å². The van der Waals surface area contributed by atoms with E-state index in [0.717, 1.165) is 18.9 Å². The molecule has 144 valence electrons. The number of pyridine rings is 1.